The molecular weight excluding hydrogens is 390 g/mol. The van der Waals surface area contributed by atoms with Gasteiger partial charge in [-0.25, -0.2) is 0 Å². The van der Waals surface area contributed by atoms with Crippen LogP contribution in [0.3, 0.4) is 0 Å². The second kappa shape index (κ2) is 7.94. The van der Waals surface area contributed by atoms with Crippen LogP contribution in [0.1, 0.15) is 35.7 Å². The molecule has 0 spiro atoms. The van der Waals surface area contributed by atoms with E-state index >= 15 is 0 Å². The summed E-state index contributed by atoms with van der Waals surface area (Å²) in [5, 5.41) is 17.8. The minimum atomic E-state index is 0.190. The standard InChI is InChI=1S/C23H25N7O/c1-16-5-3-4-6-18(16)15-22(31)29-13-10-17(11-14-29)23-26-25-21-8-7-19(27-30(21)23)20-9-12-24-28(20)2/h3-9,12,17H,10-11,13-15H2,1-2H3. The van der Waals surface area contributed by atoms with Crippen LogP contribution >= 0.6 is 0 Å². The van der Waals surface area contributed by atoms with Gasteiger partial charge in [0.2, 0.25) is 5.91 Å². The Labute approximate surface area is 180 Å². The third kappa shape index (κ3) is 3.69. The zero-order valence-corrected chi connectivity index (χ0v) is 17.8. The van der Waals surface area contributed by atoms with Crippen LogP contribution in [0, 0.1) is 6.92 Å². The van der Waals surface area contributed by atoms with Gasteiger partial charge < -0.3 is 4.90 Å². The lowest BCUT2D eigenvalue weighted by atomic mass is 9.95. The number of nitrogens with zero attached hydrogens (tertiary/aromatic N) is 7. The molecule has 0 radical (unpaired) electrons. The number of rotatable bonds is 4. The number of carbonyl (C=O) groups is 1. The van der Waals surface area contributed by atoms with Crippen molar-refractivity contribution in [2.24, 2.45) is 7.05 Å². The number of hydrogen-bond donors (Lipinski definition) is 0. The SMILES string of the molecule is Cc1ccccc1CC(=O)N1CCC(c2nnc3ccc(-c4ccnn4C)nn23)CC1. The van der Waals surface area contributed by atoms with Crippen molar-refractivity contribution in [3.63, 3.8) is 0 Å². The molecule has 4 aromatic rings. The number of fused-ring (bicyclic) bond motifs is 1. The van der Waals surface area contributed by atoms with Gasteiger partial charge in [0.1, 0.15) is 5.69 Å². The summed E-state index contributed by atoms with van der Waals surface area (Å²) in [5.74, 6) is 1.28. The molecule has 0 aliphatic carbocycles. The van der Waals surface area contributed by atoms with Gasteiger partial charge >= 0.3 is 0 Å². The first-order chi connectivity index (χ1) is 15.1. The van der Waals surface area contributed by atoms with Crippen LogP contribution in [-0.2, 0) is 18.3 Å². The number of benzene rings is 1. The molecule has 1 amide bonds. The summed E-state index contributed by atoms with van der Waals surface area (Å²) >= 11 is 0. The Balaban J connectivity index is 1.31. The maximum absolute atomic E-state index is 12.8. The van der Waals surface area contributed by atoms with Gasteiger partial charge in [0.05, 0.1) is 12.1 Å². The Morgan fingerprint density at radius 1 is 1.06 bits per heavy atom. The zero-order chi connectivity index (χ0) is 21.4. The maximum atomic E-state index is 12.8. The Hall–Kier alpha value is -3.55. The predicted octanol–water partition coefficient (Wildman–Crippen LogP) is 2.78. The molecule has 8 nitrogen and oxygen atoms in total. The molecule has 4 heterocycles. The fourth-order valence-corrected chi connectivity index (χ4v) is 4.29. The quantitative estimate of drug-likeness (QED) is 0.512. The van der Waals surface area contributed by atoms with Crippen LogP contribution < -0.4 is 0 Å². The first kappa shape index (κ1) is 19.4. The van der Waals surface area contributed by atoms with Crippen LogP contribution in [0.4, 0.5) is 0 Å². The molecule has 3 aromatic heterocycles. The Morgan fingerprint density at radius 2 is 1.87 bits per heavy atom. The number of aromatic nitrogens is 6. The van der Waals surface area contributed by atoms with Crippen LogP contribution in [-0.4, -0.2) is 53.5 Å². The first-order valence-electron chi connectivity index (χ1n) is 10.6. The molecule has 1 fully saturated rings. The maximum Gasteiger partial charge on any atom is 0.226 e. The van der Waals surface area contributed by atoms with Crippen LogP contribution in [0.2, 0.25) is 0 Å². The highest BCUT2D eigenvalue weighted by molar-refractivity contribution is 5.79. The number of carbonyl (C=O) groups excluding carboxylic acids is 1. The van der Waals surface area contributed by atoms with Crippen molar-refractivity contribution in [1.29, 1.82) is 0 Å². The summed E-state index contributed by atoms with van der Waals surface area (Å²) < 4.78 is 3.65. The van der Waals surface area contributed by atoms with Crippen molar-refractivity contribution in [2.75, 3.05) is 13.1 Å². The highest BCUT2D eigenvalue weighted by Gasteiger charge is 2.27. The summed E-state index contributed by atoms with van der Waals surface area (Å²) in [7, 11) is 1.90. The molecular formula is C23H25N7O. The Morgan fingerprint density at radius 3 is 2.61 bits per heavy atom. The molecule has 158 valence electrons. The van der Waals surface area contributed by atoms with Crippen LogP contribution in [0.5, 0.6) is 0 Å². The number of aryl methyl sites for hydroxylation is 2. The van der Waals surface area contributed by atoms with Crippen molar-refractivity contribution in [3.8, 4) is 11.4 Å². The largest absolute Gasteiger partial charge is 0.342 e. The number of piperidine rings is 1. The molecule has 8 heteroatoms. The summed E-state index contributed by atoms with van der Waals surface area (Å²) in [6.45, 7) is 3.51. The fourth-order valence-electron chi connectivity index (χ4n) is 4.29. The van der Waals surface area contributed by atoms with E-state index in [4.69, 9.17) is 5.10 Å². The molecule has 31 heavy (non-hydrogen) atoms. The molecule has 0 bridgehead atoms. The Bertz CT molecular complexity index is 1230. The highest BCUT2D eigenvalue weighted by atomic mass is 16.2. The van der Waals surface area contributed by atoms with Crippen LogP contribution in [0.25, 0.3) is 17.0 Å². The van der Waals surface area contributed by atoms with Gasteiger partial charge in [-0.2, -0.15) is 14.7 Å². The van der Waals surface area contributed by atoms with Gasteiger partial charge in [-0.05, 0) is 49.1 Å². The summed E-state index contributed by atoms with van der Waals surface area (Å²) in [6, 6.07) is 13.9. The average molecular weight is 416 g/mol. The first-order valence-corrected chi connectivity index (χ1v) is 10.6. The fraction of sp³-hybridized carbons (Fsp3) is 0.348. The van der Waals surface area contributed by atoms with E-state index in [1.54, 1.807) is 10.9 Å². The lowest BCUT2D eigenvalue weighted by Crippen LogP contribution is -2.39. The molecule has 0 N–H and O–H groups in total. The zero-order valence-electron chi connectivity index (χ0n) is 17.8. The van der Waals surface area contributed by atoms with Gasteiger partial charge in [-0.15, -0.1) is 10.2 Å². The van der Waals surface area contributed by atoms with Gasteiger partial charge in [-0.3, -0.25) is 9.48 Å². The minimum Gasteiger partial charge on any atom is -0.342 e. The van der Waals surface area contributed by atoms with E-state index in [-0.39, 0.29) is 11.8 Å². The molecule has 0 saturated carbocycles. The van der Waals surface area contributed by atoms with E-state index in [9.17, 15) is 4.79 Å². The molecule has 1 saturated heterocycles. The van der Waals surface area contributed by atoms with E-state index in [1.165, 1.54) is 0 Å². The number of amides is 1. The summed E-state index contributed by atoms with van der Waals surface area (Å²) in [6.07, 6.45) is 3.94. The highest BCUT2D eigenvalue weighted by Crippen LogP contribution is 2.28. The van der Waals surface area contributed by atoms with Gasteiger partial charge in [0, 0.05) is 32.3 Å². The van der Waals surface area contributed by atoms with Crippen molar-refractivity contribution in [3.05, 3.63) is 65.6 Å². The Kier molecular flexibility index (Phi) is 4.97. The molecule has 0 atom stereocenters. The second-order valence-corrected chi connectivity index (χ2v) is 8.15. The second-order valence-electron chi connectivity index (χ2n) is 8.15. The van der Waals surface area contributed by atoms with Crippen molar-refractivity contribution < 1.29 is 4.79 Å². The topological polar surface area (TPSA) is 81.2 Å². The average Bonchev–Trinajstić information content (AvgIpc) is 3.41. The minimum absolute atomic E-state index is 0.190. The normalized spacial score (nSPS) is 15.0. The smallest absolute Gasteiger partial charge is 0.226 e. The number of hydrogen-bond acceptors (Lipinski definition) is 5. The lowest BCUT2D eigenvalue weighted by molar-refractivity contribution is -0.131. The van der Waals surface area contributed by atoms with Gasteiger partial charge in [-0.1, -0.05) is 24.3 Å². The predicted molar refractivity (Wildman–Crippen MR) is 116 cm³/mol. The molecule has 1 aliphatic heterocycles. The van der Waals surface area contributed by atoms with Gasteiger partial charge in [0.25, 0.3) is 0 Å². The molecule has 5 rings (SSSR count). The van der Waals surface area contributed by atoms with E-state index in [0.29, 0.717) is 6.42 Å². The van der Waals surface area contributed by atoms with E-state index in [1.807, 2.05) is 52.9 Å². The third-order valence-corrected chi connectivity index (χ3v) is 6.19. The molecule has 0 unspecified atom stereocenters. The van der Waals surface area contributed by atoms with Crippen molar-refractivity contribution in [1.82, 2.24) is 34.5 Å². The number of likely N-dealkylation sites (tertiary alicyclic amines) is 1. The summed E-state index contributed by atoms with van der Waals surface area (Å²) in [4.78, 5) is 14.8. The van der Waals surface area contributed by atoms with Crippen LogP contribution in [0.15, 0.2) is 48.7 Å². The lowest BCUT2D eigenvalue weighted by Gasteiger charge is -2.31. The van der Waals surface area contributed by atoms with Crippen molar-refractivity contribution >= 4 is 11.6 Å². The monoisotopic (exact) mass is 415 g/mol. The van der Waals surface area contributed by atoms with E-state index in [0.717, 1.165) is 59.9 Å². The third-order valence-electron chi connectivity index (χ3n) is 6.19. The van der Waals surface area contributed by atoms with Gasteiger partial charge in [0.15, 0.2) is 11.5 Å². The molecule has 1 aliphatic rings. The van der Waals surface area contributed by atoms with E-state index in [2.05, 4.69) is 28.3 Å². The molecule has 1 aromatic carbocycles. The van der Waals surface area contributed by atoms with Crippen molar-refractivity contribution in [2.45, 2.75) is 32.1 Å². The van der Waals surface area contributed by atoms with E-state index < -0.39 is 0 Å². The summed E-state index contributed by atoms with van der Waals surface area (Å²) in [5.41, 5.74) is 4.78.